The number of rotatable bonds is 7. The van der Waals surface area contributed by atoms with Crippen LogP contribution in [0.4, 0.5) is 0 Å². The second-order valence-electron chi connectivity index (χ2n) is 6.00. The Kier molecular flexibility index (Phi) is 4.28. The van der Waals surface area contributed by atoms with Crippen LogP contribution in [0.1, 0.15) is 39.5 Å². The Morgan fingerprint density at radius 2 is 2.28 bits per heavy atom. The van der Waals surface area contributed by atoms with Crippen molar-refractivity contribution in [3.05, 3.63) is 0 Å². The third-order valence-electron chi connectivity index (χ3n) is 4.61. The molecule has 1 saturated heterocycles. The highest BCUT2D eigenvalue weighted by Gasteiger charge is 2.46. The molecule has 2 fully saturated rings. The molecular weight excluding hydrogens is 228 g/mol. The number of nitrogens with one attached hydrogen (secondary N) is 1. The Morgan fingerprint density at radius 1 is 1.56 bits per heavy atom. The first-order chi connectivity index (χ1) is 8.62. The van der Waals surface area contributed by atoms with E-state index in [-0.39, 0.29) is 6.04 Å². The highest BCUT2D eigenvalue weighted by atomic mass is 16.5. The molecule has 0 bridgehead atoms. The lowest BCUT2D eigenvalue weighted by Gasteiger charge is -2.23. The van der Waals surface area contributed by atoms with Crippen LogP contribution in [0.5, 0.6) is 0 Å². The first-order valence-electron chi connectivity index (χ1n) is 7.13. The van der Waals surface area contributed by atoms with E-state index in [1.807, 2.05) is 4.90 Å². The van der Waals surface area contributed by atoms with E-state index >= 15 is 0 Å². The lowest BCUT2D eigenvalue weighted by atomic mass is 9.98. The Hall–Kier alpha value is -0.610. The standard InChI is InChI=1S/C14H26N2O2/c1-4-11(2)12-13(17)16(10-15-12)9-14(5-6-14)7-8-18-3/h11-12,15H,4-10H2,1-3H3. The normalized spacial score (nSPS) is 27.6. The van der Waals surface area contributed by atoms with Gasteiger partial charge in [-0.1, -0.05) is 20.3 Å². The molecule has 0 aromatic heterocycles. The molecule has 2 rings (SSSR count). The van der Waals surface area contributed by atoms with Gasteiger partial charge in [-0.15, -0.1) is 0 Å². The molecule has 18 heavy (non-hydrogen) atoms. The van der Waals surface area contributed by atoms with Crippen LogP contribution < -0.4 is 5.32 Å². The molecule has 2 aliphatic rings. The number of methoxy groups -OCH3 is 1. The molecule has 0 aromatic rings. The van der Waals surface area contributed by atoms with Gasteiger partial charge < -0.3 is 9.64 Å². The number of amides is 1. The Labute approximate surface area is 110 Å². The zero-order valence-electron chi connectivity index (χ0n) is 11.9. The summed E-state index contributed by atoms with van der Waals surface area (Å²) in [7, 11) is 1.75. The van der Waals surface area contributed by atoms with E-state index in [1.165, 1.54) is 12.8 Å². The average Bonchev–Trinajstić information content (AvgIpc) is 3.05. The zero-order chi connectivity index (χ0) is 13.2. The van der Waals surface area contributed by atoms with Crippen molar-refractivity contribution in [3.8, 4) is 0 Å². The smallest absolute Gasteiger partial charge is 0.241 e. The van der Waals surface area contributed by atoms with E-state index in [9.17, 15) is 4.79 Å². The summed E-state index contributed by atoms with van der Waals surface area (Å²) in [4.78, 5) is 14.3. The first kappa shape index (κ1) is 13.8. The topological polar surface area (TPSA) is 41.6 Å². The second-order valence-corrected chi connectivity index (χ2v) is 6.00. The Balaban J connectivity index is 1.86. The lowest BCUT2D eigenvalue weighted by Crippen LogP contribution is -2.37. The van der Waals surface area contributed by atoms with Crippen molar-refractivity contribution in [2.24, 2.45) is 11.3 Å². The quantitative estimate of drug-likeness (QED) is 0.750. The van der Waals surface area contributed by atoms with Gasteiger partial charge in [-0.2, -0.15) is 0 Å². The van der Waals surface area contributed by atoms with Crippen molar-refractivity contribution in [1.82, 2.24) is 10.2 Å². The van der Waals surface area contributed by atoms with Gasteiger partial charge in [0.2, 0.25) is 5.91 Å². The summed E-state index contributed by atoms with van der Waals surface area (Å²) in [5.74, 6) is 0.727. The van der Waals surface area contributed by atoms with Gasteiger partial charge in [-0.3, -0.25) is 10.1 Å². The highest BCUT2D eigenvalue weighted by molar-refractivity contribution is 5.84. The minimum atomic E-state index is 0.0354. The summed E-state index contributed by atoms with van der Waals surface area (Å²) in [5.41, 5.74) is 0.359. The van der Waals surface area contributed by atoms with Gasteiger partial charge in [0.25, 0.3) is 0 Å². The maximum atomic E-state index is 12.3. The maximum absolute atomic E-state index is 12.3. The lowest BCUT2D eigenvalue weighted by molar-refractivity contribution is -0.130. The van der Waals surface area contributed by atoms with Gasteiger partial charge >= 0.3 is 0 Å². The maximum Gasteiger partial charge on any atom is 0.241 e. The molecular formula is C14H26N2O2. The van der Waals surface area contributed by atoms with E-state index in [2.05, 4.69) is 19.2 Å². The van der Waals surface area contributed by atoms with Crippen molar-refractivity contribution >= 4 is 5.91 Å². The zero-order valence-corrected chi connectivity index (χ0v) is 11.9. The monoisotopic (exact) mass is 254 g/mol. The fourth-order valence-corrected chi connectivity index (χ4v) is 2.77. The number of ether oxygens (including phenoxy) is 1. The molecule has 1 aliphatic carbocycles. The molecule has 1 saturated carbocycles. The van der Waals surface area contributed by atoms with Crippen molar-refractivity contribution in [3.63, 3.8) is 0 Å². The van der Waals surface area contributed by atoms with Crippen LogP contribution in [0.15, 0.2) is 0 Å². The molecule has 4 nitrogen and oxygen atoms in total. The number of hydrogen-bond acceptors (Lipinski definition) is 3. The predicted octanol–water partition coefficient (Wildman–Crippen LogP) is 1.61. The van der Waals surface area contributed by atoms with Gasteiger partial charge in [-0.05, 0) is 30.6 Å². The summed E-state index contributed by atoms with van der Waals surface area (Å²) >= 11 is 0. The third-order valence-corrected chi connectivity index (χ3v) is 4.61. The van der Waals surface area contributed by atoms with Crippen LogP contribution in [0.25, 0.3) is 0 Å². The molecule has 4 heteroatoms. The van der Waals surface area contributed by atoms with Crippen LogP contribution >= 0.6 is 0 Å². The minimum absolute atomic E-state index is 0.0354. The number of hydrogen-bond donors (Lipinski definition) is 1. The summed E-state index contributed by atoms with van der Waals surface area (Å²) in [6.45, 7) is 6.74. The third kappa shape index (κ3) is 2.86. The summed E-state index contributed by atoms with van der Waals surface area (Å²) in [6.07, 6.45) is 4.62. The molecule has 1 N–H and O–H groups in total. The highest BCUT2D eigenvalue weighted by Crippen LogP contribution is 2.49. The van der Waals surface area contributed by atoms with E-state index in [1.54, 1.807) is 7.11 Å². The summed E-state index contributed by atoms with van der Waals surface area (Å²) in [5, 5.41) is 3.36. The molecule has 2 atom stereocenters. The SMILES string of the molecule is CCC(C)C1NCN(CC2(CCOC)CC2)C1=O. The number of nitrogens with zero attached hydrogens (tertiary/aromatic N) is 1. The van der Waals surface area contributed by atoms with Crippen molar-refractivity contribution in [2.75, 3.05) is 26.9 Å². The van der Waals surface area contributed by atoms with Gasteiger partial charge in [0, 0.05) is 20.3 Å². The van der Waals surface area contributed by atoms with Gasteiger partial charge in [0.1, 0.15) is 0 Å². The first-order valence-corrected chi connectivity index (χ1v) is 7.13. The summed E-state index contributed by atoms with van der Waals surface area (Å²) in [6, 6.07) is 0.0354. The van der Waals surface area contributed by atoms with Crippen LogP contribution in [-0.4, -0.2) is 43.8 Å². The van der Waals surface area contributed by atoms with E-state index in [0.29, 0.717) is 17.2 Å². The largest absolute Gasteiger partial charge is 0.385 e. The molecule has 1 aliphatic heterocycles. The van der Waals surface area contributed by atoms with Crippen molar-refractivity contribution < 1.29 is 9.53 Å². The Morgan fingerprint density at radius 3 is 2.83 bits per heavy atom. The van der Waals surface area contributed by atoms with E-state index in [0.717, 1.165) is 32.7 Å². The molecule has 104 valence electrons. The molecule has 1 amide bonds. The predicted molar refractivity (Wildman–Crippen MR) is 71.1 cm³/mol. The molecule has 0 spiro atoms. The van der Waals surface area contributed by atoms with Crippen LogP contribution in [-0.2, 0) is 9.53 Å². The van der Waals surface area contributed by atoms with Crippen LogP contribution in [0, 0.1) is 11.3 Å². The fraction of sp³-hybridized carbons (Fsp3) is 0.929. The van der Waals surface area contributed by atoms with Crippen LogP contribution in [0.2, 0.25) is 0 Å². The number of carbonyl (C=O) groups excluding carboxylic acids is 1. The van der Waals surface area contributed by atoms with E-state index in [4.69, 9.17) is 4.74 Å². The van der Waals surface area contributed by atoms with Gasteiger partial charge in [-0.25, -0.2) is 0 Å². The molecule has 1 heterocycles. The molecule has 0 aromatic carbocycles. The minimum Gasteiger partial charge on any atom is -0.385 e. The Bertz CT molecular complexity index is 302. The van der Waals surface area contributed by atoms with Crippen LogP contribution in [0.3, 0.4) is 0 Å². The van der Waals surface area contributed by atoms with E-state index < -0.39 is 0 Å². The second kappa shape index (κ2) is 5.57. The van der Waals surface area contributed by atoms with Gasteiger partial charge in [0.05, 0.1) is 12.7 Å². The summed E-state index contributed by atoms with van der Waals surface area (Å²) < 4.78 is 5.17. The van der Waals surface area contributed by atoms with Crippen molar-refractivity contribution in [1.29, 1.82) is 0 Å². The average molecular weight is 254 g/mol. The van der Waals surface area contributed by atoms with Gasteiger partial charge in [0.15, 0.2) is 0 Å². The van der Waals surface area contributed by atoms with Crippen molar-refractivity contribution in [2.45, 2.75) is 45.6 Å². The molecule has 2 unspecified atom stereocenters. The molecule has 0 radical (unpaired) electrons. The number of carbonyl (C=O) groups is 1. The fourth-order valence-electron chi connectivity index (χ4n) is 2.77.